The third kappa shape index (κ3) is 4.70. The number of amides is 1. The van der Waals surface area contributed by atoms with Gasteiger partial charge in [-0.25, -0.2) is 4.99 Å². The number of aromatic hydroxyl groups is 1. The molecule has 0 fully saturated rings. The molecule has 0 aliphatic heterocycles. The van der Waals surface area contributed by atoms with E-state index in [1.807, 2.05) is 61.5 Å². The number of hydrogen-bond donors (Lipinski definition) is 3. The van der Waals surface area contributed by atoms with Crippen molar-refractivity contribution in [3.63, 3.8) is 0 Å². The van der Waals surface area contributed by atoms with Crippen LogP contribution in [0, 0.1) is 0 Å². The van der Waals surface area contributed by atoms with Gasteiger partial charge in [-0.2, -0.15) is 0 Å². The van der Waals surface area contributed by atoms with E-state index in [0.29, 0.717) is 29.2 Å². The molecule has 2 aromatic carbocycles. The van der Waals surface area contributed by atoms with Gasteiger partial charge in [0.05, 0.1) is 29.0 Å². The third-order valence-corrected chi connectivity index (χ3v) is 5.28. The number of benzene rings is 2. The second-order valence-corrected chi connectivity index (χ2v) is 8.06. The average molecular weight is 443 g/mol. The zero-order valence-corrected chi connectivity index (χ0v) is 18.8. The quantitative estimate of drug-likeness (QED) is 0.312. The average Bonchev–Trinajstić information content (AvgIpc) is 3.12. The molecule has 0 bridgehead atoms. The number of carbonyl (C=O) groups is 1. The number of H-pyrrole nitrogens is 1. The fourth-order valence-corrected chi connectivity index (χ4v) is 3.61. The van der Waals surface area contributed by atoms with Gasteiger partial charge in [0.15, 0.2) is 5.88 Å². The zero-order valence-electron chi connectivity index (χ0n) is 18.8. The summed E-state index contributed by atoms with van der Waals surface area (Å²) in [6.45, 7) is 0.325. The Morgan fingerprint density at radius 1 is 1.12 bits per heavy atom. The van der Waals surface area contributed by atoms with Gasteiger partial charge in [0.25, 0.3) is 0 Å². The van der Waals surface area contributed by atoms with Crippen molar-refractivity contribution in [3.8, 4) is 5.88 Å². The molecule has 33 heavy (non-hydrogen) atoms. The molecular weight excluding hydrogens is 416 g/mol. The lowest BCUT2D eigenvalue weighted by molar-refractivity contribution is -0.118. The molecule has 0 spiro atoms. The highest BCUT2D eigenvalue weighted by Gasteiger charge is 2.19. The summed E-state index contributed by atoms with van der Waals surface area (Å²) < 4.78 is 0. The number of nitrogen functional groups attached to an aromatic ring is 1. The normalized spacial score (nSPS) is 11.8. The second kappa shape index (κ2) is 9.13. The van der Waals surface area contributed by atoms with Crippen LogP contribution in [0.5, 0.6) is 5.88 Å². The number of likely N-dealkylation sites (N-methyl/N-ethyl adjacent to an activating group) is 2. The van der Waals surface area contributed by atoms with Crippen molar-refractivity contribution in [3.05, 3.63) is 78.1 Å². The van der Waals surface area contributed by atoms with E-state index in [9.17, 15) is 9.90 Å². The third-order valence-electron chi connectivity index (χ3n) is 5.28. The fourth-order valence-electron chi connectivity index (χ4n) is 3.61. The van der Waals surface area contributed by atoms with Crippen molar-refractivity contribution >= 4 is 39.6 Å². The van der Waals surface area contributed by atoms with Crippen molar-refractivity contribution in [2.24, 2.45) is 4.99 Å². The summed E-state index contributed by atoms with van der Waals surface area (Å²) in [6, 6.07) is 16.5. The van der Waals surface area contributed by atoms with Gasteiger partial charge in [-0.05, 0) is 68.7 Å². The van der Waals surface area contributed by atoms with E-state index in [4.69, 9.17) is 10.7 Å². The lowest BCUT2D eigenvalue weighted by Crippen LogP contribution is -2.34. The Kier molecular flexibility index (Phi) is 6.10. The molecule has 4 aromatic rings. The van der Waals surface area contributed by atoms with Crippen LogP contribution in [0.4, 0.5) is 17.1 Å². The van der Waals surface area contributed by atoms with Gasteiger partial charge in [0, 0.05) is 41.8 Å². The van der Waals surface area contributed by atoms with Gasteiger partial charge in [-0.3, -0.25) is 9.78 Å². The number of aromatic nitrogens is 2. The van der Waals surface area contributed by atoms with E-state index in [-0.39, 0.29) is 11.8 Å². The van der Waals surface area contributed by atoms with Crippen molar-refractivity contribution < 1.29 is 9.90 Å². The summed E-state index contributed by atoms with van der Waals surface area (Å²) in [6.07, 6.45) is 3.39. The summed E-state index contributed by atoms with van der Waals surface area (Å²) in [4.78, 5) is 27.9. The number of nitrogens with two attached hydrogens (primary N) is 1. The van der Waals surface area contributed by atoms with E-state index in [1.165, 1.54) is 0 Å². The standard InChI is InChI=1S/C25H26N6O2/c1-30(2)15-22(32)31(3)19-9-7-18(8-10-19)28-24(16-5-4-12-27-14-16)23-20-11-6-17(26)13-21(20)29-25(23)33/h4-14,29,33H,15,26H2,1-3H3. The number of pyridine rings is 1. The number of aromatic amines is 1. The van der Waals surface area contributed by atoms with Crippen LogP contribution in [0.15, 0.2) is 72.0 Å². The van der Waals surface area contributed by atoms with Gasteiger partial charge in [-0.1, -0.05) is 0 Å². The number of aliphatic imine (C=N–C) groups is 1. The Bertz CT molecular complexity index is 1310. The zero-order chi connectivity index (χ0) is 23.5. The molecule has 0 aliphatic carbocycles. The van der Waals surface area contributed by atoms with Crippen molar-refractivity contribution in [2.45, 2.75) is 0 Å². The Hall–Kier alpha value is -4.17. The van der Waals surface area contributed by atoms with Gasteiger partial charge in [0.1, 0.15) is 0 Å². The maximum Gasteiger partial charge on any atom is 0.240 e. The molecule has 8 heteroatoms. The van der Waals surface area contributed by atoms with E-state index in [2.05, 4.69) is 9.97 Å². The lowest BCUT2D eigenvalue weighted by Gasteiger charge is -2.19. The molecular formula is C25H26N6O2. The number of nitrogens with zero attached hydrogens (tertiary/aromatic N) is 4. The molecule has 168 valence electrons. The summed E-state index contributed by atoms with van der Waals surface area (Å²) in [7, 11) is 5.47. The Morgan fingerprint density at radius 2 is 1.88 bits per heavy atom. The number of anilines is 2. The van der Waals surface area contributed by atoms with Crippen LogP contribution >= 0.6 is 0 Å². The van der Waals surface area contributed by atoms with Crippen LogP contribution in [0.3, 0.4) is 0 Å². The Morgan fingerprint density at radius 3 is 2.55 bits per heavy atom. The first-order valence-electron chi connectivity index (χ1n) is 10.4. The van der Waals surface area contributed by atoms with Gasteiger partial charge >= 0.3 is 0 Å². The number of fused-ring (bicyclic) bond motifs is 1. The molecule has 2 heterocycles. The van der Waals surface area contributed by atoms with E-state index in [1.54, 1.807) is 36.5 Å². The number of carbonyl (C=O) groups excluding carboxylic acids is 1. The summed E-state index contributed by atoms with van der Waals surface area (Å²) in [5, 5.41) is 11.5. The monoisotopic (exact) mass is 442 g/mol. The van der Waals surface area contributed by atoms with Crippen LogP contribution < -0.4 is 10.6 Å². The van der Waals surface area contributed by atoms with Crippen LogP contribution in [-0.4, -0.2) is 59.3 Å². The maximum absolute atomic E-state index is 12.4. The van der Waals surface area contributed by atoms with Crippen molar-refractivity contribution in [1.82, 2.24) is 14.9 Å². The SMILES string of the molecule is CN(C)CC(=O)N(C)c1ccc(N=C(c2cccnc2)c2c(O)[nH]c3cc(N)ccc23)cc1. The molecule has 0 radical (unpaired) electrons. The predicted molar refractivity (Wildman–Crippen MR) is 132 cm³/mol. The van der Waals surface area contributed by atoms with E-state index >= 15 is 0 Å². The van der Waals surface area contributed by atoms with Crippen LogP contribution in [0.2, 0.25) is 0 Å². The van der Waals surface area contributed by atoms with Gasteiger partial charge < -0.3 is 25.6 Å². The molecule has 0 atom stereocenters. The first-order valence-corrected chi connectivity index (χ1v) is 10.4. The first kappa shape index (κ1) is 22.0. The van der Waals surface area contributed by atoms with Crippen LogP contribution in [0.25, 0.3) is 10.9 Å². The van der Waals surface area contributed by atoms with Crippen LogP contribution in [-0.2, 0) is 4.79 Å². The fraction of sp³-hybridized carbons (Fsp3) is 0.160. The summed E-state index contributed by atoms with van der Waals surface area (Å²) in [5.41, 5.74) is 10.6. The molecule has 0 saturated carbocycles. The molecule has 0 saturated heterocycles. The van der Waals surface area contributed by atoms with E-state index < -0.39 is 0 Å². The van der Waals surface area contributed by atoms with Crippen molar-refractivity contribution in [2.75, 3.05) is 38.3 Å². The minimum atomic E-state index is -0.00436. The molecule has 4 N–H and O–H groups in total. The largest absolute Gasteiger partial charge is 0.494 e. The lowest BCUT2D eigenvalue weighted by atomic mass is 10.0. The van der Waals surface area contributed by atoms with E-state index in [0.717, 1.165) is 22.2 Å². The number of nitrogens with one attached hydrogen (secondary N) is 1. The molecule has 2 aromatic heterocycles. The molecule has 0 aliphatic rings. The maximum atomic E-state index is 12.4. The molecule has 4 rings (SSSR count). The second-order valence-electron chi connectivity index (χ2n) is 8.06. The van der Waals surface area contributed by atoms with Gasteiger partial charge in [-0.15, -0.1) is 0 Å². The van der Waals surface area contributed by atoms with Gasteiger partial charge in [0.2, 0.25) is 5.91 Å². The first-order chi connectivity index (χ1) is 15.8. The molecule has 1 amide bonds. The Balaban J connectivity index is 1.77. The highest BCUT2D eigenvalue weighted by atomic mass is 16.3. The number of hydrogen-bond acceptors (Lipinski definition) is 6. The summed E-state index contributed by atoms with van der Waals surface area (Å²) >= 11 is 0. The minimum Gasteiger partial charge on any atom is -0.494 e. The summed E-state index contributed by atoms with van der Waals surface area (Å²) in [5.74, 6) is -0.000808. The smallest absolute Gasteiger partial charge is 0.240 e. The highest BCUT2D eigenvalue weighted by molar-refractivity contribution is 6.22. The van der Waals surface area contributed by atoms with Crippen molar-refractivity contribution in [1.29, 1.82) is 0 Å². The Labute approximate surface area is 192 Å². The van der Waals surface area contributed by atoms with Crippen LogP contribution in [0.1, 0.15) is 11.1 Å². The molecule has 0 unspecified atom stereocenters. The predicted octanol–water partition coefficient (Wildman–Crippen LogP) is 3.54. The topological polar surface area (TPSA) is 111 Å². The molecule has 8 nitrogen and oxygen atoms in total. The highest BCUT2D eigenvalue weighted by Crippen LogP contribution is 2.32. The minimum absolute atomic E-state index is 0.00355. The number of rotatable bonds is 6.